The second-order valence-electron chi connectivity index (χ2n) is 0.408. The zero-order valence-electron chi connectivity index (χ0n) is 2.41. The molecule has 0 unspecified atom stereocenters. The van der Waals surface area contributed by atoms with E-state index in [2.05, 4.69) is 4.74 Å². The zero-order valence-corrected chi connectivity index (χ0v) is 2.41. The van der Waals surface area contributed by atoms with Crippen LogP contribution in [0, 0.1) is 0 Å². The van der Waals surface area contributed by atoms with Gasteiger partial charge in [0.05, 0.1) is 0 Å². The summed E-state index contributed by atoms with van der Waals surface area (Å²) in [5, 5.41) is 0. The summed E-state index contributed by atoms with van der Waals surface area (Å²) in [5.41, 5.74) is 0. The van der Waals surface area contributed by atoms with Gasteiger partial charge in [0.15, 0.2) is 0 Å². The van der Waals surface area contributed by atoms with E-state index in [1.807, 2.05) is 0 Å². The summed E-state index contributed by atoms with van der Waals surface area (Å²) >= 11 is 0. The van der Waals surface area contributed by atoms with Crippen LogP contribution in [0.25, 0.3) is 0 Å². The molecule has 0 bridgehead atoms. The van der Waals surface area contributed by atoms with E-state index < -0.39 is 0 Å². The Morgan fingerprint density at radius 3 is 1.00 bits per heavy atom. The van der Waals surface area contributed by atoms with Crippen LogP contribution in [0.5, 0.6) is 0 Å². The Kier molecular flexibility index (Phi) is 152. The van der Waals surface area contributed by atoms with Crippen LogP contribution in [-0.2, 0) is 4.74 Å². The summed E-state index contributed by atoms with van der Waals surface area (Å²) in [7, 11) is 3.25. The van der Waals surface area contributed by atoms with E-state index >= 15 is 0 Å². The van der Waals surface area contributed by atoms with Gasteiger partial charge in [-0.15, -0.1) is 0 Å². The van der Waals surface area contributed by atoms with Crippen molar-refractivity contribution in [2.75, 3.05) is 14.2 Å². The van der Waals surface area contributed by atoms with Crippen molar-refractivity contribution in [3.05, 3.63) is 0 Å². The van der Waals surface area contributed by atoms with Crippen LogP contribution in [0.1, 0.15) is 14.9 Å². The van der Waals surface area contributed by atoms with E-state index in [0.717, 1.165) is 0 Å². The molecule has 0 aromatic rings. The Morgan fingerprint density at radius 1 is 1.00 bits per heavy atom. The minimum absolute atomic E-state index is 0. The standard InChI is InChI=1S/C2H6O.2CH4/c1-3-2;;/h1-2H3;2*1H4. The van der Waals surface area contributed by atoms with Gasteiger partial charge in [-0.3, -0.25) is 0 Å². The van der Waals surface area contributed by atoms with E-state index in [1.165, 1.54) is 0 Å². The topological polar surface area (TPSA) is 9.23 Å². The smallest absolute Gasteiger partial charge is 0.0351 e. The van der Waals surface area contributed by atoms with Crippen molar-refractivity contribution in [3.8, 4) is 0 Å². The van der Waals surface area contributed by atoms with E-state index in [1.54, 1.807) is 14.2 Å². The third-order valence-electron chi connectivity index (χ3n) is 0. The van der Waals surface area contributed by atoms with E-state index in [4.69, 9.17) is 0 Å². The molecule has 1 nitrogen and oxygen atoms in total. The average Bonchev–Trinajstić information content (AvgIpc) is 0.918. The van der Waals surface area contributed by atoms with Crippen molar-refractivity contribution in [1.82, 2.24) is 0 Å². The Balaban J connectivity index is -0.0000000200. The molecule has 0 fully saturated rings. The summed E-state index contributed by atoms with van der Waals surface area (Å²) in [6.07, 6.45) is 0. The van der Waals surface area contributed by atoms with E-state index in [-0.39, 0.29) is 14.9 Å². The maximum absolute atomic E-state index is 4.25. The second kappa shape index (κ2) is 37.6. The fourth-order valence-electron chi connectivity index (χ4n) is 0. The molecule has 0 heterocycles. The zero-order chi connectivity index (χ0) is 2.71. The first-order valence-electron chi connectivity index (χ1n) is 0.816. The molecule has 0 amide bonds. The first-order valence-corrected chi connectivity index (χ1v) is 0.816. The lowest BCUT2D eigenvalue weighted by atomic mass is 11.6. The van der Waals surface area contributed by atoms with Gasteiger partial charge in [-0.2, -0.15) is 0 Å². The van der Waals surface area contributed by atoms with Crippen LogP contribution >= 0.6 is 0 Å². The Labute approximate surface area is 35.0 Å². The highest BCUT2D eigenvalue weighted by Gasteiger charge is 1.25. The van der Waals surface area contributed by atoms with Crippen molar-refractivity contribution >= 4 is 0 Å². The first-order chi connectivity index (χ1) is 1.41. The fraction of sp³-hybridized carbons (Fsp3) is 1.00. The molecule has 0 aliphatic carbocycles. The molecular weight excluding hydrogens is 64.0 g/mol. The van der Waals surface area contributed by atoms with Crippen molar-refractivity contribution in [2.24, 2.45) is 0 Å². The van der Waals surface area contributed by atoms with Gasteiger partial charge in [0.25, 0.3) is 0 Å². The van der Waals surface area contributed by atoms with Gasteiger partial charge in [-0.25, -0.2) is 0 Å². The van der Waals surface area contributed by atoms with Gasteiger partial charge in [-0.05, 0) is 0 Å². The number of hydrogen-bond donors (Lipinski definition) is 0. The summed E-state index contributed by atoms with van der Waals surface area (Å²) in [6, 6.07) is 0. The Morgan fingerprint density at radius 2 is 1.00 bits per heavy atom. The van der Waals surface area contributed by atoms with Gasteiger partial charge in [0.2, 0.25) is 0 Å². The maximum atomic E-state index is 4.25. The van der Waals surface area contributed by atoms with Gasteiger partial charge in [0.1, 0.15) is 0 Å². The SMILES string of the molecule is C.C.COC. The highest BCUT2D eigenvalue weighted by atomic mass is 16.4. The largest absolute Gasteiger partial charge is 0.388 e. The summed E-state index contributed by atoms with van der Waals surface area (Å²) < 4.78 is 4.25. The van der Waals surface area contributed by atoms with Gasteiger partial charge in [0, 0.05) is 14.2 Å². The fourth-order valence-corrected chi connectivity index (χ4v) is 0. The van der Waals surface area contributed by atoms with Crippen LogP contribution in [0.15, 0.2) is 0 Å². The summed E-state index contributed by atoms with van der Waals surface area (Å²) in [6.45, 7) is 0. The van der Waals surface area contributed by atoms with Crippen LogP contribution < -0.4 is 0 Å². The normalized spacial score (nSPS) is 3.60. The predicted molar refractivity (Wildman–Crippen MR) is 26.4 cm³/mol. The second-order valence-corrected chi connectivity index (χ2v) is 0.408. The molecule has 1 heteroatoms. The van der Waals surface area contributed by atoms with Crippen molar-refractivity contribution in [3.63, 3.8) is 0 Å². The molecule has 36 valence electrons. The molecule has 0 aliphatic heterocycles. The molecule has 0 aromatic heterocycles. The molecule has 0 saturated carbocycles. The van der Waals surface area contributed by atoms with Crippen LogP contribution in [0.3, 0.4) is 0 Å². The molecule has 0 radical (unpaired) electrons. The van der Waals surface area contributed by atoms with Gasteiger partial charge < -0.3 is 4.74 Å². The number of rotatable bonds is 0. The van der Waals surface area contributed by atoms with Crippen molar-refractivity contribution in [2.45, 2.75) is 14.9 Å². The summed E-state index contributed by atoms with van der Waals surface area (Å²) in [5.74, 6) is 0. The minimum Gasteiger partial charge on any atom is -0.388 e. The Bertz CT molecular complexity index is 3.61. The number of hydrogen-bond acceptors (Lipinski definition) is 1. The minimum atomic E-state index is 0. The molecule has 5 heavy (non-hydrogen) atoms. The highest BCUT2D eigenvalue weighted by molar-refractivity contribution is 3.56. The van der Waals surface area contributed by atoms with Crippen molar-refractivity contribution < 1.29 is 4.74 Å². The average molecular weight is 78.2 g/mol. The van der Waals surface area contributed by atoms with Crippen LogP contribution in [0.4, 0.5) is 0 Å². The van der Waals surface area contributed by atoms with Gasteiger partial charge >= 0.3 is 0 Å². The summed E-state index contributed by atoms with van der Waals surface area (Å²) in [4.78, 5) is 0. The molecule has 0 N–H and O–H groups in total. The van der Waals surface area contributed by atoms with E-state index in [0.29, 0.717) is 0 Å². The monoisotopic (exact) mass is 78.1 g/mol. The molecule has 0 aromatic carbocycles. The first kappa shape index (κ1) is 20.2. The highest BCUT2D eigenvalue weighted by Crippen LogP contribution is 1.28. The molecule has 0 saturated heterocycles. The third kappa shape index (κ3) is 9510. The molecular formula is C4H14O. The van der Waals surface area contributed by atoms with Crippen LogP contribution in [-0.4, -0.2) is 14.2 Å². The molecule has 0 atom stereocenters. The molecule has 0 aliphatic rings. The van der Waals surface area contributed by atoms with E-state index in [9.17, 15) is 0 Å². The third-order valence-corrected chi connectivity index (χ3v) is 0. The number of methoxy groups -OCH3 is 1. The quantitative estimate of drug-likeness (QED) is 0.427. The lowest BCUT2D eigenvalue weighted by Crippen LogP contribution is -1.55. The Hall–Kier alpha value is -0.0400. The maximum Gasteiger partial charge on any atom is 0.0351 e. The lowest BCUT2D eigenvalue weighted by Gasteiger charge is -1.61. The van der Waals surface area contributed by atoms with Gasteiger partial charge in [-0.1, -0.05) is 14.9 Å². The van der Waals surface area contributed by atoms with Crippen LogP contribution in [0.2, 0.25) is 0 Å². The molecule has 0 rings (SSSR count). The lowest BCUT2D eigenvalue weighted by molar-refractivity contribution is 0.277. The molecule has 0 spiro atoms. The predicted octanol–water partition coefficient (Wildman–Crippen LogP) is 1.53. The number of ether oxygens (including phenoxy) is 1. The van der Waals surface area contributed by atoms with Crippen molar-refractivity contribution in [1.29, 1.82) is 0 Å².